The van der Waals surface area contributed by atoms with Crippen LogP contribution in [0, 0.1) is 17.2 Å². The Hall–Kier alpha value is -5.88. The number of hydrogen-bond acceptors (Lipinski definition) is 8. The van der Waals surface area contributed by atoms with Crippen molar-refractivity contribution in [3.8, 4) is 11.8 Å². The molecule has 260 valence electrons. The van der Waals surface area contributed by atoms with E-state index in [1.807, 2.05) is 94.9 Å². The van der Waals surface area contributed by atoms with E-state index in [4.69, 9.17) is 11.0 Å². The second kappa shape index (κ2) is 19.2. The summed E-state index contributed by atoms with van der Waals surface area (Å²) in [7, 11) is 8.10. The average Bonchev–Trinajstić information content (AvgIpc) is 3.52. The van der Waals surface area contributed by atoms with Crippen LogP contribution in [0.3, 0.4) is 0 Å². The molecule has 5 rings (SSSR count). The lowest BCUT2D eigenvalue weighted by atomic mass is 10.0. The van der Waals surface area contributed by atoms with Crippen molar-refractivity contribution in [2.24, 2.45) is 11.0 Å². The van der Waals surface area contributed by atoms with E-state index in [0.29, 0.717) is 11.7 Å². The number of nitriles is 1. The third-order valence-corrected chi connectivity index (χ3v) is 7.59. The van der Waals surface area contributed by atoms with Gasteiger partial charge in [-0.05, 0) is 42.3 Å². The predicted molar refractivity (Wildman–Crippen MR) is 209 cm³/mol. The molecule has 0 amide bonds. The van der Waals surface area contributed by atoms with Crippen LogP contribution in [-0.2, 0) is 4.79 Å². The van der Waals surface area contributed by atoms with Gasteiger partial charge in [-0.2, -0.15) is 15.5 Å². The molecule has 4 aromatic carbocycles. The van der Waals surface area contributed by atoms with Crippen LogP contribution >= 0.6 is 0 Å². The number of nitrogens with one attached hydrogen (secondary N) is 1. The Balaban J connectivity index is 0.000000229. The van der Waals surface area contributed by atoms with Gasteiger partial charge in [0.2, 0.25) is 0 Å². The number of carbonyl (C=O) groups excluding carboxylic acids is 1. The molecule has 0 saturated heterocycles. The third-order valence-electron chi connectivity index (χ3n) is 7.59. The first-order valence-electron chi connectivity index (χ1n) is 16.7. The zero-order valence-electron chi connectivity index (χ0n) is 30.5. The normalized spacial score (nSPS) is 10.2. The van der Waals surface area contributed by atoms with E-state index in [1.165, 1.54) is 0 Å². The highest BCUT2D eigenvalue weighted by Gasteiger charge is 2.11. The van der Waals surface area contributed by atoms with Crippen LogP contribution in [-0.4, -0.2) is 49.5 Å². The zero-order valence-corrected chi connectivity index (χ0v) is 30.5. The second-order valence-corrected chi connectivity index (χ2v) is 12.7. The van der Waals surface area contributed by atoms with Crippen molar-refractivity contribution in [3.05, 3.63) is 132 Å². The average molecular weight is 671 g/mol. The summed E-state index contributed by atoms with van der Waals surface area (Å²) in [6, 6.07) is 40.5. The molecule has 0 fully saturated rings. The number of rotatable bonds is 10. The number of aromatic nitrogens is 2. The number of hydrogen-bond donors (Lipinski definition) is 2. The maximum Gasteiger partial charge on any atom is 0.149 e. The van der Waals surface area contributed by atoms with Crippen LogP contribution in [0.1, 0.15) is 56.9 Å². The molecule has 0 aliphatic rings. The van der Waals surface area contributed by atoms with E-state index in [1.54, 1.807) is 24.6 Å². The summed E-state index contributed by atoms with van der Waals surface area (Å²) in [5.74, 6) is 1.09. The van der Waals surface area contributed by atoms with Crippen LogP contribution in [0.15, 0.2) is 120 Å². The third kappa shape index (κ3) is 11.7. The highest BCUT2D eigenvalue weighted by Crippen LogP contribution is 2.23. The predicted octanol–water partition coefficient (Wildman–Crippen LogP) is 8.39. The lowest BCUT2D eigenvalue weighted by Gasteiger charge is -2.14. The monoisotopic (exact) mass is 670 g/mol. The van der Waals surface area contributed by atoms with E-state index < -0.39 is 0 Å². The van der Waals surface area contributed by atoms with Crippen LogP contribution < -0.4 is 21.0 Å². The summed E-state index contributed by atoms with van der Waals surface area (Å²) in [5.41, 5.74) is 17.6. The molecular weight excluding hydrogens is 621 g/mol. The summed E-state index contributed by atoms with van der Waals surface area (Å²) in [4.78, 5) is 14.7. The lowest BCUT2D eigenvalue weighted by molar-refractivity contribution is -0.120. The summed E-state index contributed by atoms with van der Waals surface area (Å²) in [6.07, 6.45) is 0.0532. The fourth-order valence-electron chi connectivity index (χ4n) is 4.55. The van der Waals surface area contributed by atoms with Gasteiger partial charge in [-0.25, -0.2) is 4.68 Å². The van der Waals surface area contributed by atoms with Crippen molar-refractivity contribution in [3.63, 3.8) is 0 Å². The molecule has 0 spiro atoms. The van der Waals surface area contributed by atoms with E-state index in [2.05, 4.69) is 87.8 Å². The molecule has 0 aliphatic carbocycles. The Labute approximate surface area is 297 Å². The molecule has 1 heterocycles. The lowest BCUT2D eigenvalue weighted by Crippen LogP contribution is -2.09. The highest BCUT2D eigenvalue weighted by atomic mass is 16.1. The Morgan fingerprint density at radius 2 is 1.34 bits per heavy atom. The van der Waals surface area contributed by atoms with Crippen molar-refractivity contribution >= 4 is 34.4 Å². The number of nitrogen functional groups attached to an aromatic ring is 1. The van der Waals surface area contributed by atoms with Gasteiger partial charge in [-0.3, -0.25) is 10.2 Å². The number of hydrazone groups is 1. The number of benzene rings is 4. The Morgan fingerprint density at radius 3 is 1.80 bits per heavy atom. The standard InChI is InChI=1S/C21H21N3.C14H20N4.C6H9NO/c1-24(2)20-15-9-14-19(16-20)22-23-21(17-10-5-3-6-11-17)18-12-7-4-8-13-18;1-10(2)13-9-14(15)18(16-13)12-7-5-6-11(8-12)17(3)4;1-5(2)6(8)3-4-7/h3-16,22H,1-2H3;5-10H,15H2,1-4H3;5H,3H2,1-2H3. The Morgan fingerprint density at radius 1 is 0.800 bits per heavy atom. The SMILES string of the molecule is CC(C)C(=O)CC#N.CC(C)c1cc(N)n(-c2cccc(N(C)C)c2)n1.CN(C)c1cccc(NN=C(c2ccccc2)c2ccccc2)c1. The van der Waals surface area contributed by atoms with Crippen molar-refractivity contribution in [2.75, 3.05) is 49.1 Å². The minimum Gasteiger partial charge on any atom is -0.384 e. The molecule has 0 saturated carbocycles. The second-order valence-electron chi connectivity index (χ2n) is 12.7. The maximum absolute atomic E-state index is 10.5. The van der Waals surface area contributed by atoms with Crippen LogP contribution in [0.2, 0.25) is 0 Å². The van der Waals surface area contributed by atoms with Gasteiger partial charge < -0.3 is 15.5 Å². The quantitative estimate of drug-likeness (QED) is 0.113. The molecule has 0 unspecified atom stereocenters. The van der Waals surface area contributed by atoms with Crippen molar-refractivity contribution in [2.45, 2.75) is 40.0 Å². The summed E-state index contributed by atoms with van der Waals surface area (Å²) < 4.78 is 1.79. The van der Waals surface area contributed by atoms with E-state index in [0.717, 1.165) is 45.3 Å². The first-order chi connectivity index (χ1) is 23.9. The van der Waals surface area contributed by atoms with Gasteiger partial charge >= 0.3 is 0 Å². The molecule has 3 N–H and O–H groups in total. The maximum atomic E-state index is 10.5. The number of anilines is 4. The number of nitrogens with two attached hydrogens (primary N) is 1. The van der Waals surface area contributed by atoms with E-state index in [9.17, 15) is 4.79 Å². The zero-order chi connectivity index (χ0) is 36.6. The van der Waals surface area contributed by atoms with Gasteiger partial charge in [0, 0.05) is 62.7 Å². The molecule has 0 atom stereocenters. The van der Waals surface area contributed by atoms with E-state index in [-0.39, 0.29) is 18.1 Å². The van der Waals surface area contributed by atoms with Crippen molar-refractivity contribution < 1.29 is 4.79 Å². The number of ketones is 1. The molecule has 0 radical (unpaired) electrons. The van der Waals surface area contributed by atoms with E-state index >= 15 is 0 Å². The molecule has 0 aliphatic heterocycles. The van der Waals surface area contributed by atoms with Crippen LogP contribution in [0.5, 0.6) is 0 Å². The molecule has 9 heteroatoms. The van der Waals surface area contributed by atoms with Gasteiger partial charge in [0.25, 0.3) is 0 Å². The van der Waals surface area contributed by atoms with Crippen molar-refractivity contribution in [1.29, 1.82) is 5.26 Å². The number of nitrogens with zero attached hydrogens (tertiary/aromatic N) is 6. The Kier molecular flexibility index (Phi) is 14.8. The highest BCUT2D eigenvalue weighted by molar-refractivity contribution is 6.13. The van der Waals surface area contributed by atoms with Gasteiger partial charge in [0.15, 0.2) is 0 Å². The molecule has 5 aromatic rings. The van der Waals surface area contributed by atoms with Gasteiger partial charge in [-0.15, -0.1) is 0 Å². The van der Waals surface area contributed by atoms with Gasteiger partial charge in [0.05, 0.1) is 35.3 Å². The first kappa shape index (κ1) is 38.6. The summed E-state index contributed by atoms with van der Waals surface area (Å²) in [6.45, 7) is 7.81. The molecule has 50 heavy (non-hydrogen) atoms. The van der Waals surface area contributed by atoms with Crippen LogP contribution in [0.25, 0.3) is 5.69 Å². The van der Waals surface area contributed by atoms with Crippen LogP contribution in [0.4, 0.5) is 22.9 Å². The largest absolute Gasteiger partial charge is 0.384 e. The topological polar surface area (TPSA) is 116 Å². The fourth-order valence-corrected chi connectivity index (χ4v) is 4.55. The van der Waals surface area contributed by atoms with Crippen molar-refractivity contribution in [1.82, 2.24) is 9.78 Å². The smallest absolute Gasteiger partial charge is 0.149 e. The molecular formula is C41H50N8O. The molecule has 9 nitrogen and oxygen atoms in total. The number of carbonyl (C=O) groups is 1. The number of Topliss-reactive ketones (excluding diaryl/α,β-unsaturated/α-hetero) is 1. The molecule has 1 aromatic heterocycles. The summed E-state index contributed by atoms with van der Waals surface area (Å²) >= 11 is 0. The van der Waals surface area contributed by atoms with Gasteiger partial charge in [0.1, 0.15) is 11.6 Å². The first-order valence-corrected chi connectivity index (χ1v) is 16.7. The fraction of sp³-hybridized carbons (Fsp3) is 0.268. The minimum absolute atomic E-state index is 0.00894. The van der Waals surface area contributed by atoms with Gasteiger partial charge in [-0.1, -0.05) is 100 Å². The molecule has 0 bridgehead atoms. The minimum atomic E-state index is 0.00894. The Bertz CT molecular complexity index is 1810. The summed E-state index contributed by atoms with van der Waals surface area (Å²) in [5, 5.41) is 17.3.